The minimum absolute atomic E-state index is 0. The molecule has 1 heterocycles. The fraction of sp³-hybridized carbons (Fsp3) is 0.571. The van der Waals surface area contributed by atoms with Crippen LogP contribution in [0.5, 0.6) is 0 Å². The molecule has 2 fully saturated rings. The highest BCUT2D eigenvalue weighted by molar-refractivity contribution is 5.85. The van der Waals surface area contributed by atoms with Crippen molar-refractivity contribution in [2.24, 2.45) is 5.92 Å². The van der Waals surface area contributed by atoms with Gasteiger partial charge in [-0.25, -0.2) is 8.78 Å². The zero-order chi connectivity index (χ0) is 12.5. The molecule has 114 valence electrons. The van der Waals surface area contributed by atoms with E-state index in [0.717, 1.165) is 39.0 Å². The first-order valence-corrected chi connectivity index (χ1v) is 6.66. The Hall–Kier alpha value is -0.420. The molecule has 1 aliphatic carbocycles. The largest absolute Gasteiger partial charge is 0.314 e. The molecule has 0 aromatic heterocycles. The summed E-state index contributed by atoms with van der Waals surface area (Å²) in [6, 6.07) is 4.61. The van der Waals surface area contributed by atoms with Gasteiger partial charge in [-0.1, -0.05) is 12.1 Å². The van der Waals surface area contributed by atoms with Crippen molar-refractivity contribution in [1.82, 2.24) is 10.2 Å². The van der Waals surface area contributed by atoms with Crippen LogP contribution in [0.25, 0.3) is 0 Å². The van der Waals surface area contributed by atoms with Crippen LogP contribution < -0.4 is 5.32 Å². The fourth-order valence-corrected chi connectivity index (χ4v) is 2.87. The summed E-state index contributed by atoms with van der Waals surface area (Å²) in [5.74, 6) is -0.888. The van der Waals surface area contributed by atoms with Gasteiger partial charge in [0.25, 0.3) is 0 Å². The molecule has 0 unspecified atom stereocenters. The molecule has 0 amide bonds. The maximum Gasteiger partial charge on any atom is 0.163 e. The standard InChI is InChI=1S/C14H18F2N2.2ClH/c15-12-3-1-2-11(13(12)16)14(10-4-5-10)18-8-6-17-7-9-18;;/h1-3,10,14,17H,4-9H2;2*1H/t14-;;/m0../s1. The van der Waals surface area contributed by atoms with E-state index in [0.29, 0.717) is 11.5 Å². The first-order valence-electron chi connectivity index (χ1n) is 6.66. The number of rotatable bonds is 3. The molecule has 20 heavy (non-hydrogen) atoms. The lowest BCUT2D eigenvalue weighted by molar-refractivity contribution is 0.152. The van der Waals surface area contributed by atoms with Crippen LogP contribution in [-0.4, -0.2) is 31.1 Å². The van der Waals surface area contributed by atoms with E-state index in [2.05, 4.69) is 10.2 Å². The quantitative estimate of drug-likeness (QED) is 0.918. The van der Waals surface area contributed by atoms with E-state index >= 15 is 0 Å². The second kappa shape index (κ2) is 7.55. The molecule has 1 aromatic rings. The topological polar surface area (TPSA) is 15.3 Å². The number of nitrogens with zero attached hydrogens (tertiary/aromatic N) is 1. The van der Waals surface area contributed by atoms with Crippen LogP contribution in [0.4, 0.5) is 8.78 Å². The summed E-state index contributed by atoms with van der Waals surface area (Å²) in [7, 11) is 0. The Morgan fingerprint density at radius 2 is 1.75 bits per heavy atom. The predicted octanol–water partition coefficient (Wildman–Crippen LogP) is 3.16. The highest BCUT2D eigenvalue weighted by Crippen LogP contribution is 2.45. The van der Waals surface area contributed by atoms with E-state index < -0.39 is 11.6 Å². The predicted molar refractivity (Wildman–Crippen MR) is 80.8 cm³/mol. The first-order chi connectivity index (χ1) is 8.77. The zero-order valence-corrected chi connectivity index (χ0v) is 12.8. The van der Waals surface area contributed by atoms with Crippen LogP contribution in [-0.2, 0) is 0 Å². The van der Waals surface area contributed by atoms with Crippen molar-refractivity contribution in [3.05, 3.63) is 35.4 Å². The van der Waals surface area contributed by atoms with Crippen molar-refractivity contribution >= 4 is 24.8 Å². The van der Waals surface area contributed by atoms with E-state index in [4.69, 9.17) is 0 Å². The minimum Gasteiger partial charge on any atom is -0.314 e. The molecule has 3 rings (SSSR count). The lowest BCUT2D eigenvalue weighted by Crippen LogP contribution is -2.45. The average Bonchev–Trinajstić information content (AvgIpc) is 3.21. The molecule has 6 heteroatoms. The SMILES string of the molecule is Cl.Cl.Fc1cccc([C@H](C2CC2)N2CCNCC2)c1F. The van der Waals surface area contributed by atoms with Gasteiger partial charge in [0.1, 0.15) is 0 Å². The van der Waals surface area contributed by atoms with E-state index in [1.165, 1.54) is 6.07 Å². The summed E-state index contributed by atoms with van der Waals surface area (Å²) in [5.41, 5.74) is 0.541. The molecular weight excluding hydrogens is 305 g/mol. The Morgan fingerprint density at radius 1 is 1.10 bits per heavy atom. The number of hydrogen-bond acceptors (Lipinski definition) is 2. The van der Waals surface area contributed by atoms with Gasteiger partial charge in [-0.05, 0) is 24.8 Å². The van der Waals surface area contributed by atoms with Crippen LogP contribution >= 0.6 is 24.8 Å². The van der Waals surface area contributed by atoms with E-state index in [9.17, 15) is 8.78 Å². The highest BCUT2D eigenvalue weighted by Gasteiger charge is 2.38. The Bertz CT molecular complexity index is 435. The third-order valence-electron chi connectivity index (χ3n) is 3.91. The van der Waals surface area contributed by atoms with Gasteiger partial charge in [-0.3, -0.25) is 4.90 Å². The number of piperazine rings is 1. The molecule has 0 bridgehead atoms. The average molecular weight is 325 g/mol. The maximum absolute atomic E-state index is 14.0. The van der Waals surface area contributed by atoms with E-state index in [-0.39, 0.29) is 30.9 Å². The number of benzene rings is 1. The smallest absolute Gasteiger partial charge is 0.163 e. The lowest BCUT2D eigenvalue weighted by atomic mass is 9.99. The van der Waals surface area contributed by atoms with Crippen LogP contribution in [0.15, 0.2) is 18.2 Å². The zero-order valence-electron chi connectivity index (χ0n) is 11.1. The summed E-state index contributed by atoms with van der Waals surface area (Å²) in [4.78, 5) is 2.30. The molecular formula is C14H20Cl2F2N2. The van der Waals surface area contributed by atoms with Gasteiger partial charge in [0.2, 0.25) is 0 Å². The van der Waals surface area contributed by atoms with Gasteiger partial charge in [0.15, 0.2) is 11.6 Å². The fourth-order valence-electron chi connectivity index (χ4n) is 2.87. The van der Waals surface area contributed by atoms with E-state index in [1.54, 1.807) is 12.1 Å². The van der Waals surface area contributed by atoms with Crippen LogP contribution in [0, 0.1) is 17.6 Å². The molecule has 0 radical (unpaired) electrons. The Kier molecular flexibility index (Phi) is 6.65. The molecule has 1 atom stereocenters. The number of hydrogen-bond donors (Lipinski definition) is 1. The van der Waals surface area contributed by atoms with Crippen molar-refractivity contribution in [2.75, 3.05) is 26.2 Å². The molecule has 0 spiro atoms. The normalized spacial score (nSPS) is 20.7. The summed E-state index contributed by atoms with van der Waals surface area (Å²) in [6.07, 6.45) is 2.26. The monoisotopic (exact) mass is 324 g/mol. The summed E-state index contributed by atoms with van der Waals surface area (Å²) in [6.45, 7) is 3.69. The second-order valence-corrected chi connectivity index (χ2v) is 5.21. The van der Waals surface area contributed by atoms with Crippen molar-refractivity contribution in [2.45, 2.75) is 18.9 Å². The van der Waals surface area contributed by atoms with Crippen molar-refractivity contribution in [3.8, 4) is 0 Å². The van der Waals surface area contributed by atoms with Gasteiger partial charge in [0.05, 0.1) is 0 Å². The minimum atomic E-state index is -0.728. The van der Waals surface area contributed by atoms with Gasteiger partial charge in [-0.2, -0.15) is 0 Å². The van der Waals surface area contributed by atoms with Crippen molar-refractivity contribution in [1.29, 1.82) is 0 Å². The van der Waals surface area contributed by atoms with Gasteiger partial charge >= 0.3 is 0 Å². The van der Waals surface area contributed by atoms with Crippen molar-refractivity contribution < 1.29 is 8.78 Å². The van der Waals surface area contributed by atoms with Crippen molar-refractivity contribution in [3.63, 3.8) is 0 Å². The molecule has 2 nitrogen and oxygen atoms in total. The Morgan fingerprint density at radius 3 is 2.35 bits per heavy atom. The molecule has 1 saturated heterocycles. The third kappa shape index (κ3) is 3.61. The molecule has 1 aliphatic heterocycles. The lowest BCUT2D eigenvalue weighted by Gasteiger charge is -2.35. The molecule has 2 aliphatic rings. The molecule has 1 saturated carbocycles. The Balaban J connectivity index is 0.000001000. The van der Waals surface area contributed by atoms with Gasteiger partial charge in [-0.15, -0.1) is 24.8 Å². The summed E-state index contributed by atoms with van der Waals surface area (Å²) < 4.78 is 27.4. The third-order valence-corrected chi connectivity index (χ3v) is 3.91. The number of nitrogens with one attached hydrogen (secondary N) is 1. The van der Waals surface area contributed by atoms with Gasteiger partial charge in [0, 0.05) is 37.8 Å². The molecule has 1 aromatic carbocycles. The summed E-state index contributed by atoms with van der Waals surface area (Å²) >= 11 is 0. The number of halogens is 4. The second-order valence-electron chi connectivity index (χ2n) is 5.21. The highest BCUT2D eigenvalue weighted by atomic mass is 35.5. The van der Waals surface area contributed by atoms with Crippen LogP contribution in [0.3, 0.4) is 0 Å². The molecule has 1 N–H and O–H groups in total. The van der Waals surface area contributed by atoms with Gasteiger partial charge < -0.3 is 5.32 Å². The van der Waals surface area contributed by atoms with Crippen LogP contribution in [0.2, 0.25) is 0 Å². The van der Waals surface area contributed by atoms with Crippen LogP contribution in [0.1, 0.15) is 24.4 Å². The Labute approximate surface area is 130 Å². The maximum atomic E-state index is 14.0. The summed E-state index contributed by atoms with van der Waals surface area (Å²) in [5, 5.41) is 3.30. The first kappa shape index (κ1) is 17.6. The van der Waals surface area contributed by atoms with E-state index in [1.807, 2.05) is 0 Å².